The van der Waals surface area contributed by atoms with Crippen LogP contribution < -0.4 is 0 Å². The highest BCUT2D eigenvalue weighted by molar-refractivity contribution is 5.68. The highest BCUT2D eigenvalue weighted by atomic mass is 16.6. The molecular formula is C19H30N2O3. The number of benzene rings is 1. The third-order valence-corrected chi connectivity index (χ3v) is 4.30. The molecule has 1 heterocycles. The average Bonchev–Trinajstić information content (AvgIpc) is 2.55. The maximum Gasteiger partial charge on any atom is 0.410 e. The summed E-state index contributed by atoms with van der Waals surface area (Å²) in [7, 11) is 0. The van der Waals surface area contributed by atoms with Crippen molar-refractivity contribution in [3.63, 3.8) is 0 Å². The van der Waals surface area contributed by atoms with Gasteiger partial charge >= 0.3 is 6.09 Å². The fraction of sp³-hybridized carbons (Fsp3) is 0.632. The van der Waals surface area contributed by atoms with Crippen molar-refractivity contribution in [2.45, 2.75) is 45.3 Å². The first-order valence-electron chi connectivity index (χ1n) is 8.76. The second-order valence-electron chi connectivity index (χ2n) is 7.36. The number of rotatable bonds is 5. The maximum absolute atomic E-state index is 12.1. The number of carbonyl (C=O) groups is 1. The van der Waals surface area contributed by atoms with Crippen LogP contribution in [-0.4, -0.2) is 65.4 Å². The number of carbonyl (C=O) groups excluding carboxylic acids is 1. The summed E-state index contributed by atoms with van der Waals surface area (Å²) in [5.74, 6) is 0. The molecule has 0 aliphatic carbocycles. The summed E-state index contributed by atoms with van der Waals surface area (Å²) in [5.41, 5.74) is 0.834. The second kappa shape index (κ2) is 8.49. The smallest absolute Gasteiger partial charge is 0.410 e. The molecule has 134 valence electrons. The lowest BCUT2D eigenvalue weighted by Crippen LogP contribution is -2.53. The van der Waals surface area contributed by atoms with Gasteiger partial charge in [0.05, 0.1) is 6.61 Å². The minimum atomic E-state index is -0.461. The molecular weight excluding hydrogens is 304 g/mol. The van der Waals surface area contributed by atoms with Gasteiger partial charge in [-0.2, -0.15) is 0 Å². The Hall–Kier alpha value is -1.59. The molecule has 5 nitrogen and oxygen atoms in total. The van der Waals surface area contributed by atoms with Gasteiger partial charge in [0.25, 0.3) is 0 Å². The predicted molar refractivity (Wildman–Crippen MR) is 95.0 cm³/mol. The SMILES string of the molecule is CC(C)(C)OC(=O)N1CCN([C@H](CO)CCc2ccccc2)CC1. The fourth-order valence-electron chi connectivity index (χ4n) is 2.96. The number of aryl methyl sites for hydroxylation is 1. The zero-order valence-electron chi connectivity index (χ0n) is 15.1. The Balaban J connectivity index is 1.80. The number of nitrogens with zero attached hydrogens (tertiary/aromatic N) is 2. The topological polar surface area (TPSA) is 53.0 Å². The van der Waals surface area contributed by atoms with Gasteiger partial charge in [-0.25, -0.2) is 4.79 Å². The van der Waals surface area contributed by atoms with E-state index in [9.17, 15) is 9.90 Å². The number of aliphatic hydroxyl groups excluding tert-OH is 1. The van der Waals surface area contributed by atoms with Gasteiger partial charge in [0.1, 0.15) is 5.60 Å². The average molecular weight is 334 g/mol. The molecule has 5 heteroatoms. The summed E-state index contributed by atoms with van der Waals surface area (Å²) >= 11 is 0. The highest BCUT2D eigenvalue weighted by Gasteiger charge is 2.28. The van der Waals surface area contributed by atoms with E-state index in [1.807, 2.05) is 39.0 Å². The molecule has 0 bridgehead atoms. The van der Waals surface area contributed by atoms with Crippen LogP contribution in [0.25, 0.3) is 0 Å². The fourth-order valence-corrected chi connectivity index (χ4v) is 2.96. The van der Waals surface area contributed by atoms with E-state index in [2.05, 4.69) is 17.0 Å². The summed E-state index contributed by atoms with van der Waals surface area (Å²) in [6.07, 6.45) is 1.64. The number of aliphatic hydroxyl groups is 1. The first-order chi connectivity index (χ1) is 11.4. The number of amides is 1. The summed E-state index contributed by atoms with van der Waals surface area (Å²) in [4.78, 5) is 16.1. The van der Waals surface area contributed by atoms with E-state index in [-0.39, 0.29) is 18.7 Å². The Morgan fingerprint density at radius 3 is 2.33 bits per heavy atom. The molecule has 1 fully saturated rings. The van der Waals surface area contributed by atoms with E-state index in [1.165, 1.54) is 5.56 Å². The number of hydrogen-bond acceptors (Lipinski definition) is 4. The molecule has 1 aliphatic rings. The summed E-state index contributed by atoms with van der Waals surface area (Å²) in [5, 5.41) is 9.74. The van der Waals surface area contributed by atoms with Crippen molar-refractivity contribution < 1.29 is 14.6 Å². The summed E-state index contributed by atoms with van der Waals surface area (Å²) in [6, 6.07) is 10.5. The molecule has 0 saturated carbocycles. The lowest BCUT2D eigenvalue weighted by atomic mass is 10.0. The molecule has 1 N–H and O–H groups in total. The third kappa shape index (κ3) is 5.80. The molecule has 0 aromatic heterocycles. The van der Waals surface area contributed by atoms with Crippen molar-refractivity contribution >= 4 is 6.09 Å². The lowest BCUT2D eigenvalue weighted by molar-refractivity contribution is 0.00610. The van der Waals surface area contributed by atoms with Gasteiger partial charge in [-0.15, -0.1) is 0 Å². The van der Waals surface area contributed by atoms with Crippen LogP contribution in [0.4, 0.5) is 4.79 Å². The Morgan fingerprint density at radius 2 is 1.79 bits per heavy atom. The van der Waals surface area contributed by atoms with E-state index < -0.39 is 5.60 Å². The number of ether oxygens (including phenoxy) is 1. The number of hydrogen-bond donors (Lipinski definition) is 1. The van der Waals surface area contributed by atoms with Gasteiger partial charge in [-0.1, -0.05) is 30.3 Å². The van der Waals surface area contributed by atoms with Gasteiger partial charge < -0.3 is 14.7 Å². The van der Waals surface area contributed by atoms with Gasteiger partial charge in [0.15, 0.2) is 0 Å². The molecule has 1 aromatic carbocycles. The van der Waals surface area contributed by atoms with Crippen LogP contribution >= 0.6 is 0 Å². The van der Waals surface area contributed by atoms with Gasteiger partial charge in [-0.05, 0) is 39.2 Å². The van der Waals surface area contributed by atoms with Crippen LogP contribution in [0.5, 0.6) is 0 Å². The predicted octanol–water partition coefficient (Wildman–Crippen LogP) is 2.53. The summed E-state index contributed by atoms with van der Waals surface area (Å²) in [6.45, 7) is 8.65. The van der Waals surface area contributed by atoms with E-state index in [1.54, 1.807) is 4.90 Å². The van der Waals surface area contributed by atoms with Crippen molar-refractivity contribution in [2.75, 3.05) is 32.8 Å². The van der Waals surface area contributed by atoms with E-state index in [0.29, 0.717) is 13.1 Å². The molecule has 1 saturated heterocycles. The van der Waals surface area contributed by atoms with Crippen molar-refractivity contribution in [1.29, 1.82) is 0 Å². The van der Waals surface area contributed by atoms with E-state index >= 15 is 0 Å². The van der Waals surface area contributed by atoms with Crippen molar-refractivity contribution in [3.8, 4) is 0 Å². The van der Waals surface area contributed by atoms with Crippen LogP contribution in [0, 0.1) is 0 Å². The van der Waals surface area contributed by atoms with Crippen LogP contribution in [0.2, 0.25) is 0 Å². The zero-order valence-corrected chi connectivity index (χ0v) is 15.1. The largest absolute Gasteiger partial charge is 0.444 e. The molecule has 2 rings (SSSR count). The molecule has 1 atom stereocenters. The Labute approximate surface area is 145 Å². The minimum absolute atomic E-state index is 0.144. The van der Waals surface area contributed by atoms with E-state index in [0.717, 1.165) is 25.9 Å². The summed E-state index contributed by atoms with van der Waals surface area (Å²) < 4.78 is 5.42. The standard InChI is InChI=1S/C19H30N2O3/c1-19(2,3)24-18(23)21-13-11-20(12-14-21)17(15-22)10-9-16-7-5-4-6-8-16/h4-8,17,22H,9-15H2,1-3H3/t17-/m0/s1. The maximum atomic E-state index is 12.1. The van der Waals surface area contributed by atoms with Crippen molar-refractivity contribution in [3.05, 3.63) is 35.9 Å². The van der Waals surface area contributed by atoms with Crippen LogP contribution in [0.15, 0.2) is 30.3 Å². The molecule has 0 spiro atoms. The molecule has 24 heavy (non-hydrogen) atoms. The van der Waals surface area contributed by atoms with Crippen LogP contribution in [0.1, 0.15) is 32.8 Å². The van der Waals surface area contributed by atoms with Crippen LogP contribution in [0.3, 0.4) is 0 Å². The number of piperazine rings is 1. The quantitative estimate of drug-likeness (QED) is 0.899. The van der Waals surface area contributed by atoms with Crippen molar-refractivity contribution in [2.24, 2.45) is 0 Å². The Kier molecular flexibility index (Phi) is 6.63. The molecule has 1 aliphatic heterocycles. The van der Waals surface area contributed by atoms with E-state index in [4.69, 9.17) is 4.74 Å². The van der Waals surface area contributed by atoms with Gasteiger partial charge in [0, 0.05) is 32.2 Å². The molecule has 1 amide bonds. The Bertz CT molecular complexity index is 505. The first-order valence-corrected chi connectivity index (χ1v) is 8.76. The third-order valence-electron chi connectivity index (χ3n) is 4.30. The molecule has 0 unspecified atom stereocenters. The van der Waals surface area contributed by atoms with Gasteiger partial charge in [0.2, 0.25) is 0 Å². The first kappa shape index (κ1) is 18.7. The lowest BCUT2D eigenvalue weighted by Gasteiger charge is -2.39. The highest BCUT2D eigenvalue weighted by Crippen LogP contribution is 2.15. The van der Waals surface area contributed by atoms with Gasteiger partial charge in [-0.3, -0.25) is 4.90 Å². The Morgan fingerprint density at radius 1 is 1.17 bits per heavy atom. The second-order valence-corrected chi connectivity index (χ2v) is 7.36. The molecule has 1 aromatic rings. The minimum Gasteiger partial charge on any atom is -0.444 e. The van der Waals surface area contributed by atoms with Crippen LogP contribution in [-0.2, 0) is 11.2 Å². The zero-order chi connectivity index (χ0) is 17.6. The normalized spacial score (nSPS) is 17.6. The molecule has 0 radical (unpaired) electrons. The van der Waals surface area contributed by atoms with Crippen molar-refractivity contribution in [1.82, 2.24) is 9.80 Å². The monoisotopic (exact) mass is 334 g/mol.